The molecule has 0 fully saturated rings. The lowest BCUT2D eigenvalue weighted by molar-refractivity contribution is 1.04. The van der Waals surface area contributed by atoms with Crippen LogP contribution in [0.15, 0.2) is 53.6 Å². The van der Waals surface area contributed by atoms with E-state index in [0.717, 1.165) is 16.3 Å². The normalized spacial score (nSPS) is 11.1. The number of halogens is 2. The molecule has 4 nitrogen and oxygen atoms in total. The quantitative estimate of drug-likeness (QED) is 0.576. The molecule has 1 heterocycles. The van der Waals surface area contributed by atoms with E-state index in [-0.39, 0.29) is 0 Å². The van der Waals surface area contributed by atoms with Crippen molar-refractivity contribution < 1.29 is 0 Å². The average molecular weight is 317 g/mol. The lowest BCUT2D eigenvalue weighted by Crippen LogP contribution is -1.97. The minimum atomic E-state index is 0.367. The van der Waals surface area contributed by atoms with E-state index in [9.17, 15) is 0 Å². The van der Waals surface area contributed by atoms with Gasteiger partial charge in [-0.05, 0) is 6.07 Å². The van der Waals surface area contributed by atoms with Crippen LogP contribution in [0.4, 0.5) is 5.82 Å². The summed E-state index contributed by atoms with van der Waals surface area (Å²) in [7, 11) is 0. The third kappa shape index (κ3) is 2.96. The van der Waals surface area contributed by atoms with Crippen LogP contribution in [-0.2, 0) is 0 Å². The highest BCUT2D eigenvalue weighted by atomic mass is 35.5. The highest BCUT2D eigenvalue weighted by Crippen LogP contribution is 2.25. The number of hydrogen-bond acceptors (Lipinski definition) is 4. The highest BCUT2D eigenvalue weighted by molar-refractivity contribution is 6.34. The second-order valence-electron chi connectivity index (χ2n) is 4.28. The largest absolute Gasteiger partial charge is 0.259 e. The molecular formula is C15H10Cl2N4. The fraction of sp³-hybridized carbons (Fsp3) is 0. The molecule has 0 saturated heterocycles. The lowest BCUT2D eigenvalue weighted by atomic mass is 10.2. The summed E-state index contributed by atoms with van der Waals surface area (Å²) in [4.78, 5) is 0. The predicted molar refractivity (Wildman–Crippen MR) is 87.2 cm³/mol. The number of nitrogens with one attached hydrogen (secondary N) is 1. The van der Waals surface area contributed by atoms with Crippen LogP contribution in [-0.4, -0.2) is 16.4 Å². The molecule has 1 N–H and O–H groups in total. The molecule has 3 aromatic rings. The molecule has 0 aliphatic heterocycles. The molecule has 3 rings (SSSR count). The summed E-state index contributed by atoms with van der Waals surface area (Å²) >= 11 is 12.1. The van der Waals surface area contributed by atoms with Crippen molar-refractivity contribution in [3.63, 3.8) is 0 Å². The standard InChI is InChI=1S/C15H10Cl2N4/c16-13-8-4-1-5-10(13)9-18-20-15-12-7-3-2-6-11(12)14(17)19-21-15/h1-9H,(H,20,21)/b18-9+. The predicted octanol–water partition coefficient (Wildman–Crippen LogP) is 4.38. The lowest BCUT2D eigenvalue weighted by Gasteiger charge is -2.04. The second-order valence-corrected chi connectivity index (χ2v) is 5.04. The van der Waals surface area contributed by atoms with Crippen LogP contribution in [0.2, 0.25) is 10.2 Å². The van der Waals surface area contributed by atoms with Gasteiger partial charge in [-0.1, -0.05) is 65.7 Å². The molecule has 0 amide bonds. The first-order chi connectivity index (χ1) is 10.3. The molecule has 0 aliphatic rings. The van der Waals surface area contributed by atoms with Gasteiger partial charge >= 0.3 is 0 Å². The molecule has 0 saturated carbocycles. The first-order valence-electron chi connectivity index (χ1n) is 6.20. The van der Waals surface area contributed by atoms with E-state index in [4.69, 9.17) is 23.2 Å². The average Bonchev–Trinajstić information content (AvgIpc) is 2.52. The second kappa shape index (κ2) is 6.08. The Morgan fingerprint density at radius 3 is 2.43 bits per heavy atom. The molecule has 21 heavy (non-hydrogen) atoms. The Kier molecular flexibility index (Phi) is 3.99. The van der Waals surface area contributed by atoms with Crippen LogP contribution < -0.4 is 5.43 Å². The van der Waals surface area contributed by atoms with Crippen molar-refractivity contribution in [3.8, 4) is 0 Å². The Morgan fingerprint density at radius 2 is 1.62 bits per heavy atom. The molecule has 0 radical (unpaired) electrons. The van der Waals surface area contributed by atoms with Crippen LogP contribution >= 0.6 is 23.2 Å². The number of aromatic nitrogens is 2. The van der Waals surface area contributed by atoms with Gasteiger partial charge in [-0.3, -0.25) is 5.43 Å². The number of nitrogens with zero attached hydrogens (tertiary/aromatic N) is 3. The Balaban J connectivity index is 1.89. The third-order valence-corrected chi connectivity index (χ3v) is 3.54. The molecule has 0 unspecified atom stereocenters. The summed E-state index contributed by atoms with van der Waals surface area (Å²) < 4.78 is 0. The van der Waals surface area contributed by atoms with Crippen molar-refractivity contribution in [2.45, 2.75) is 0 Å². The van der Waals surface area contributed by atoms with Crippen molar-refractivity contribution in [1.82, 2.24) is 10.2 Å². The molecule has 0 atom stereocenters. The van der Waals surface area contributed by atoms with Crippen LogP contribution in [0.3, 0.4) is 0 Å². The number of rotatable bonds is 3. The van der Waals surface area contributed by atoms with Gasteiger partial charge in [-0.25, -0.2) is 0 Å². The fourth-order valence-corrected chi connectivity index (χ4v) is 2.28. The molecular weight excluding hydrogens is 307 g/mol. The van der Waals surface area contributed by atoms with Crippen LogP contribution in [0, 0.1) is 0 Å². The monoisotopic (exact) mass is 316 g/mol. The van der Waals surface area contributed by atoms with E-state index in [1.165, 1.54) is 0 Å². The zero-order valence-corrected chi connectivity index (χ0v) is 12.3. The van der Waals surface area contributed by atoms with E-state index < -0.39 is 0 Å². The van der Waals surface area contributed by atoms with Crippen molar-refractivity contribution in [3.05, 3.63) is 64.3 Å². The van der Waals surface area contributed by atoms with Crippen molar-refractivity contribution >= 4 is 46.0 Å². The zero-order chi connectivity index (χ0) is 14.7. The fourth-order valence-electron chi connectivity index (χ4n) is 1.90. The first kappa shape index (κ1) is 13.8. The summed E-state index contributed by atoms with van der Waals surface area (Å²) in [6.45, 7) is 0. The minimum absolute atomic E-state index is 0.367. The summed E-state index contributed by atoms with van der Waals surface area (Å²) in [5.41, 5.74) is 3.69. The summed E-state index contributed by atoms with van der Waals surface area (Å²) in [6.07, 6.45) is 1.63. The maximum Gasteiger partial charge on any atom is 0.176 e. The number of hydrazone groups is 1. The van der Waals surface area contributed by atoms with E-state index >= 15 is 0 Å². The van der Waals surface area contributed by atoms with Crippen molar-refractivity contribution in [2.75, 3.05) is 5.43 Å². The van der Waals surface area contributed by atoms with E-state index in [1.807, 2.05) is 42.5 Å². The first-order valence-corrected chi connectivity index (χ1v) is 6.96. The topological polar surface area (TPSA) is 50.2 Å². The molecule has 0 aliphatic carbocycles. The van der Waals surface area contributed by atoms with Crippen molar-refractivity contribution in [2.24, 2.45) is 5.10 Å². The smallest absolute Gasteiger partial charge is 0.176 e. The number of benzene rings is 2. The van der Waals surface area contributed by atoms with Gasteiger partial charge in [-0.15, -0.1) is 10.2 Å². The highest BCUT2D eigenvalue weighted by Gasteiger charge is 2.06. The van der Waals surface area contributed by atoms with Gasteiger partial charge in [0.25, 0.3) is 0 Å². The Bertz CT molecular complexity index is 818. The summed E-state index contributed by atoms with van der Waals surface area (Å²) in [6, 6.07) is 15.0. The molecule has 0 bridgehead atoms. The maximum atomic E-state index is 6.06. The summed E-state index contributed by atoms with van der Waals surface area (Å²) in [5, 5.41) is 14.8. The van der Waals surface area contributed by atoms with Crippen LogP contribution in [0.1, 0.15) is 5.56 Å². The third-order valence-electron chi connectivity index (χ3n) is 2.92. The van der Waals surface area contributed by atoms with Gasteiger partial charge in [0.15, 0.2) is 11.0 Å². The number of hydrogen-bond donors (Lipinski definition) is 1. The molecule has 0 spiro atoms. The van der Waals surface area contributed by atoms with Gasteiger partial charge in [0, 0.05) is 21.4 Å². The van der Waals surface area contributed by atoms with Crippen LogP contribution in [0.5, 0.6) is 0 Å². The molecule has 6 heteroatoms. The Hall–Kier alpha value is -2.17. The molecule has 104 valence electrons. The van der Waals surface area contributed by atoms with Gasteiger partial charge in [0.1, 0.15) is 0 Å². The number of anilines is 1. The van der Waals surface area contributed by atoms with Gasteiger partial charge in [0.2, 0.25) is 0 Å². The van der Waals surface area contributed by atoms with Gasteiger partial charge in [-0.2, -0.15) is 5.10 Å². The van der Waals surface area contributed by atoms with Gasteiger partial charge in [0.05, 0.1) is 6.21 Å². The SMILES string of the molecule is Clc1ccccc1/C=N/Nc1nnc(Cl)c2ccccc12. The molecule has 2 aromatic carbocycles. The number of fused-ring (bicyclic) bond motifs is 1. The maximum absolute atomic E-state index is 6.06. The van der Waals surface area contributed by atoms with Gasteiger partial charge < -0.3 is 0 Å². The van der Waals surface area contributed by atoms with Crippen LogP contribution in [0.25, 0.3) is 10.8 Å². The Labute approximate surface area is 131 Å². The van der Waals surface area contributed by atoms with E-state index in [0.29, 0.717) is 16.0 Å². The van der Waals surface area contributed by atoms with E-state index in [1.54, 1.807) is 12.3 Å². The van der Waals surface area contributed by atoms with Crippen molar-refractivity contribution in [1.29, 1.82) is 0 Å². The minimum Gasteiger partial charge on any atom is -0.259 e. The zero-order valence-electron chi connectivity index (χ0n) is 10.8. The molecule has 1 aromatic heterocycles. The van der Waals surface area contributed by atoms with E-state index in [2.05, 4.69) is 20.7 Å². The Morgan fingerprint density at radius 1 is 0.905 bits per heavy atom. The summed E-state index contributed by atoms with van der Waals surface area (Å²) in [5.74, 6) is 0.540.